The van der Waals surface area contributed by atoms with Crippen LogP contribution in [-0.4, -0.2) is 34.6 Å². The molecular formula is C22H18ClF2N3O4. The average molecular weight is 465 g/mol. The average Bonchev–Trinajstić information content (AvgIpc) is 3.11. The van der Waals surface area contributed by atoms with Gasteiger partial charge in [-0.1, -0.05) is 35.9 Å². The second-order valence-electron chi connectivity index (χ2n) is 7.43. The van der Waals surface area contributed by atoms with E-state index in [1.54, 1.807) is 0 Å². The van der Waals surface area contributed by atoms with Crippen molar-refractivity contribution in [3.8, 4) is 0 Å². The second-order valence-corrected chi connectivity index (χ2v) is 7.81. The summed E-state index contributed by atoms with van der Waals surface area (Å²) in [5.74, 6) is -7.42. The first kappa shape index (κ1) is 18.3. The number of carbonyl (C=O) groups is 4. The molecule has 1 atom stereocenters. The van der Waals surface area contributed by atoms with Crippen molar-refractivity contribution in [2.75, 3.05) is 0 Å². The van der Waals surface area contributed by atoms with E-state index in [1.165, 1.54) is 23.1 Å². The molecule has 2 N–H and O–H groups in total. The van der Waals surface area contributed by atoms with E-state index in [1.807, 2.05) is 0 Å². The Morgan fingerprint density at radius 3 is 2.69 bits per heavy atom. The van der Waals surface area contributed by atoms with Gasteiger partial charge in [0.2, 0.25) is 11.8 Å². The number of fused-ring (bicyclic) bond motifs is 1. The predicted octanol–water partition coefficient (Wildman–Crippen LogP) is 2.51. The van der Waals surface area contributed by atoms with Crippen LogP contribution in [0.15, 0.2) is 42.4 Å². The fourth-order valence-electron chi connectivity index (χ4n) is 3.66. The molecule has 4 amide bonds. The van der Waals surface area contributed by atoms with Crippen LogP contribution in [0.3, 0.4) is 0 Å². The minimum Gasteiger partial charge on any atom is -0.346 e. The normalized spacial score (nSPS) is 19.7. The number of piperidine rings is 1. The van der Waals surface area contributed by atoms with Crippen molar-refractivity contribution in [3.05, 3.63) is 69.7 Å². The van der Waals surface area contributed by atoms with Crippen molar-refractivity contribution in [3.63, 3.8) is 0 Å². The van der Waals surface area contributed by atoms with Crippen LogP contribution >= 0.6 is 11.6 Å². The highest BCUT2D eigenvalue weighted by Gasteiger charge is 2.41. The molecule has 32 heavy (non-hydrogen) atoms. The SMILES string of the molecule is [2H]c1cc(C(F)(F)C(=O)N([2H])Cc2ccc3c(c2)CN(C2CCC(=O)NC2=O)C3=O)cc([2H])c1Cl. The molecule has 2 aromatic carbocycles. The third-order valence-electron chi connectivity index (χ3n) is 5.33. The number of carbonyl (C=O) groups excluding carboxylic acids is 4. The molecule has 2 heterocycles. The Balaban J connectivity index is 1.49. The molecule has 2 aliphatic heterocycles. The van der Waals surface area contributed by atoms with E-state index in [0.717, 1.165) is 0 Å². The van der Waals surface area contributed by atoms with E-state index in [2.05, 4.69) is 5.32 Å². The lowest BCUT2D eigenvalue weighted by atomic mass is 10.0. The number of amides is 4. The number of hydrogen-bond acceptors (Lipinski definition) is 4. The summed E-state index contributed by atoms with van der Waals surface area (Å²) in [5.41, 5.74) is 0.192. The predicted molar refractivity (Wildman–Crippen MR) is 110 cm³/mol. The summed E-state index contributed by atoms with van der Waals surface area (Å²) in [5, 5.41) is 1.93. The van der Waals surface area contributed by atoms with E-state index < -0.39 is 59.8 Å². The summed E-state index contributed by atoms with van der Waals surface area (Å²) in [6.07, 6.45) is 0.287. The van der Waals surface area contributed by atoms with Crippen molar-refractivity contribution in [2.45, 2.75) is 37.9 Å². The lowest BCUT2D eigenvalue weighted by Gasteiger charge is -2.29. The highest BCUT2D eigenvalue weighted by molar-refractivity contribution is 6.30. The van der Waals surface area contributed by atoms with Gasteiger partial charge < -0.3 is 10.2 Å². The Labute approximate surface area is 191 Å². The van der Waals surface area contributed by atoms with Gasteiger partial charge in [-0.2, -0.15) is 8.78 Å². The monoisotopic (exact) mass is 464 g/mol. The van der Waals surface area contributed by atoms with Crippen molar-refractivity contribution in [1.29, 1.82) is 0 Å². The first-order valence-corrected chi connectivity index (χ1v) is 10.00. The minimum atomic E-state index is -4.17. The fraction of sp³-hybridized carbons (Fsp3) is 0.273. The Morgan fingerprint density at radius 2 is 2.00 bits per heavy atom. The number of halogens is 3. The smallest absolute Gasteiger partial charge is 0.346 e. The van der Waals surface area contributed by atoms with Crippen LogP contribution in [0.5, 0.6) is 0 Å². The van der Waals surface area contributed by atoms with Gasteiger partial charge in [0.1, 0.15) is 6.04 Å². The third kappa shape index (κ3) is 4.08. The van der Waals surface area contributed by atoms with E-state index in [-0.39, 0.29) is 29.7 Å². The molecule has 2 aliphatic rings. The lowest BCUT2D eigenvalue weighted by Crippen LogP contribution is -2.52. The number of nitrogens with zero attached hydrogens (tertiary/aromatic N) is 1. The number of alkyl halides is 2. The molecule has 0 spiro atoms. The summed E-state index contributed by atoms with van der Waals surface area (Å²) in [4.78, 5) is 50.0. The number of hydrogen-bond donors (Lipinski definition) is 2. The largest absolute Gasteiger partial charge is 0.349 e. The van der Waals surface area contributed by atoms with Gasteiger partial charge >= 0.3 is 5.92 Å². The Hall–Kier alpha value is -3.33. The molecule has 7 nitrogen and oxygen atoms in total. The van der Waals surface area contributed by atoms with Gasteiger partial charge in [0.05, 0.1) is 2.74 Å². The van der Waals surface area contributed by atoms with Crippen LogP contribution in [0.25, 0.3) is 0 Å². The van der Waals surface area contributed by atoms with Crippen LogP contribution in [0, 0.1) is 0 Å². The Bertz CT molecular complexity index is 1250. The van der Waals surface area contributed by atoms with Crippen LogP contribution in [0.1, 0.15) is 42.6 Å². The van der Waals surface area contributed by atoms with Crippen LogP contribution < -0.4 is 10.6 Å². The van der Waals surface area contributed by atoms with Gasteiger partial charge in [-0.15, -0.1) is 0 Å². The Morgan fingerprint density at radius 1 is 1.28 bits per heavy atom. The molecule has 0 aromatic heterocycles. The molecule has 10 heteroatoms. The first-order chi connectivity index (χ1) is 16.4. The highest BCUT2D eigenvalue weighted by atomic mass is 35.5. The molecule has 0 aliphatic carbocycles. The van der Waals surface area contributed by atoms with Gasteiger partial charge in [0, 0.05) is 35.7 Å². The maximum atomic E-state index is 14.8. The quantitative estimate of drug-likeness (QED) is 0.665. The summed E-state index contributed by atoms with van der Waals surface area (Å²) in [6.45, 7) is -0.469. The molecule has 1 fully saturated rings. The first-order valence-electron chi connectivity index (χ1n) is 11.1. The van der Waals surface area contributed by atoms with Crippen molar-refractivity contribution < 1.29 is 32.1 Å². The molecule has 166 valence electrons. The van der Waals surface area contributed by atoms with Crippen LogP contribution in [0.4, 0.5) is 8.78 Å². The molecule has 0 radical (unpaired) electrons. The van der Waals surface area contributed by atoms with Crippen LogP contribution in [-0.2, 0) is 33.4 Å². The maximum Gasteiger partial charge on any atom is 0.349 e. The van der Waals surface area contributed by atoms with E-state index in [4.69, 9.17) is 15.8 Å². The van der Waals surface area contributed by atoms with Gasteiger partial charge in [-0.05, 0) is 35.7 Å². The zero-order valence-corrected chi connectivity index (χ0v) is 17.2. The summed E-state index contributed by atoms with van der Waals surface area (Å²) in [7, 11) is 0. The molecule has 1 saturated heterocycles. The van der Waals surface area contributed by atoms with Gasteiger partial charge in [-0.3, -0.25) is 24.5 Å². The van der Waals surface area contributed by atoms with Gasteiger partial charge in [-0.25, -0.2) is 0 Å². The number of rotatable bonds is 5. The van der Waals surface area contributed by atoms with Gasteiger partial charge in [0.25, 0.3) is 11.8 Å². The molecule has 0 bridgehead atoms. The Kier molecular flexibility index (Phi) is 4.74. The van der Waals surface area contributed by atoms with E-state index in [0.29, 0.717) is 28.8 Å². The van der Waals surface area contributed by atoms with Crippen molar-refractivity contribution >= 4 is 35.2 Å². The maximum absolute atomic E-state index is 14.8. The lowest BCUT2D eigenvalue weighted by molar-refractivity contribution is -0.147. The fourth-order valence-corrected chi connectivity index (χ4v) is 3.77. The molecule has 4 rings (SSSR count). The zero-order chi connectivity index (χ0) is 25.7. The second kappa shape index (κ2) is 8.31. The summed E-state index contributed by atoms with van der Waals surface area (Å²) >= 11 is 5.66. The third-order valence-corrected chi connectivity index (χ3v) is 5.55. The zero-order valence-electron chi connectivity index (χ0n) is 19.5. The molecular weight excluding hydrogens is 444 g/mol. The highest BCUT2D eigenvalue weighted by Crippen LogP contribution is 2.30. The van der Waals surface area contributed by atoms with E-state index in [9.17, 15) is 28.0 Å². The summed E-state index contributed by atoms with van der Waals surface area (Å²) < 4.78 is 52.5. The molecule has 0 saturated carbocycles. The van der Waals surface area contributed by atoms with Crippen LogP contribution in [0.2, 0.25) is 6.43 Å². The summed E-state index contributed by atoms with van der Waals surface area (Å²) in [6, 6.07) is 3.82. The number of imide groups is 1. The van der Waals surface area contributed by atoms with Crippen molar-refractivity contribution in [2.24, 2.45) is 0 Å². The molecule has 1 unspecified atom stereocenters. The topological polar surface area (TPSA) is 95.6 Å². The minimum absolute atomic E-state index is 0.0553. The number of nitrogens with one attached hydrogen (secondary N) is 2. The van der Waals surface area contributed by atoms with E-state index >= 15 is 0 Å². The van der Waals surface area contributed by atoms with Crippen molar-refractivity contribution in [1.82, 2.24) is 15.5 Å². The standard InChI is InChI=1S/C22H18ClF2N3O4/c23-15-4-2-14(3-5-15)22(24,25)21(32)26-10-12-1-6-16-13(9-12)11-28(20(16)31)17-7-8-18(29)27-19(17)30/h1-6,9,17H,7-8,10-11H2,(H,26,32)(H,27,29,30)/i4D,5D/hD. The molecule has 2 aromatic rings. The number of benzene rings is 2. The van der Waals surface area contributed by atoms with Gasteiger partial charge in [0.15, 0.2) is 1.41 Å².